The SMILES string of the molecule is CC1(C(N)=O)CCC(n2c(Nc3c(Cl)cc(F)cc3Cl)nc3cnc(N[C@@H]4CC[C@@H](O)C4)nc32)CC1. The summed E-state index contributed by atoms with van der Waals surface area (Å²) in [5.41, 5.74) is 6.61. The van der Waals surface area contributed by atoms with Crippen molar-refractivity contribution in [1.29, 1.82) is 0 Å². The quantitative estimate of drug-likeness (QED) is 0.351. The minimum absolute atomic E-state index is 0.0287. The zero-order valence-electron chi connectivity index (χ0n) is 19.8. The third-order valence-electron chi connectivity index (χ3n) is 7.43. The molecular formula is C24H28Cl2FN7O2. The van der Waals surface area contributed by atoms with E-state index >= 15 is 0 Å². The van der Waals surface area contributed by atoms with E-state index in [1.54, 1.807) is 6.20 Å². The second-order valence-corrected chi connectivity index (χ2v) is 10.9. The third-order valence-corrected chi connectivity index (χ3v) is 8.03. The molecule has 0 bridgehead atoms. The molecule has 0 aliphatic heterocycles. The van der Waals surface area contributed by atoms with Crippen LogP contribution in [0, 0.1) is 11.2 Å². The molecule has 12 heteroatoms. The van der Waals surface area contributed by atoms with E-state index in [4.69, 9.17) is 38.9 Å². The highest BCUT2D eigenvalue weighted by molar-refractivity contribution is 6.39. The highest BCUT2D eigenvalue weighted by Gasteiger charge is 2.38. The summed E-state index contributed by atoms with van der Waals surface area (Å²) in [6.45, 7) is 1.90. The number of aliphatic hydroxyl groups excluding tert-OH is 1. The van der Waals surface area contributed by atoms with Gasteiger partial charge in [0.15, 0.2) is 5.65 Å². The molecule has 5 N–H and O–H groups in total. The molecule has 0 saturated heterocycles. The monoisotopic (exact) mass is 535 g/mol. The highest BCUT2D eigenvalue weighted by atomic mass is 35.5. The van der Waals surface area contributed by atoms with E-state index in [0.717, 1.165) is 12.8 Å². The summed E-state index contributed by atoms with van der Waals surface area (Å²) in [5, 5.41) is 16.6. The molecule has 3 aromatic rings. The van der Waals surface area contributed by atoms with Crippen LogP contribution in [0.2, 0.25) is 10.0 Å². The standard InChI is InChI=1S/C24H28Cl2FN7O2/c1-24(21(28)36)6-4-14(5-7-24)34-20-18(11-29-22(33-20)30-13-2-3-15(35)10-13)31-23(34)32-19-16(25)8-12(27)9-17(19)26/h8-9,11,13-15,35H,2-7,10H2,1H3,(H2,28,36)(H,31,32)(H,29,30,33)/t13-,14?,15-,24?/m1/s1. The average molecular weight is 536 g/mol. The first-order valence-electron chi connectivity index (χ1n) is 12.0. The van der Waals surface area contributed by atoms with Crippen LogP contribution in [-0.4, -0.2) is 42.7 Å². The van der Waals surface area contributed by atoms with Crippen LogP contribution in [0.5, 0.6) is 0 Å². The number of amides is 1. The number of nitrogens with zero attached hydrogens (tertiary/aromatic N) is 4. The summed E-state index contributed by atoms with van der Waals surface area (Å²) in [7, 11) is 0. The van der Waals surface area contributed by atoms with Crippen molar-refractivity contribution in [3.63, 3.8) is 0 Å². The maximum atomic E-state index is 13.8. The van der Waals surface area contributed by atoms with Gasteiger partial charge in [0.25, 0.3) is 0 Å². The van der Waals surface area contributed by atoms with Crippen molar-refractivity contribution in [2.24, 2.45) is 11.1 Å². The van der Waals surface area contributed by atoms with E-state index in [0.29, 0.717) is 60.9 Å². The number of hydrogen-bond acceptors (Lipinski definition) is 7. The molecule has 2 aliphatic carbocycles. The predicted octanol–water partition coefficient (Wildman–Crippen LogP) is 4.95. The van der Waals surface area contributed by atoms with Crippen LogP contribution in [0.15, 0.2) is 18.3 Å². The minimum atomic E-state index is -0.560. The number of fused-ring (bicyclic) bond motifs is 1. The molecule has 1 aromatic carbocycles. The largest absolute Gasteiger partial charge is 0.393 e. The van der Waals surface area contributed by atoms with Crippen molar-refractivity contribution in [3.05, 3.63) is 34.2 Å². The van der Waals surface area contributed by atoms with Crippen molar-refractivity contribution >= 4 is 57.9 Å². The third kappa shape index (κ3) is 4.81. The van der Waals surface area contributed by atoms with Crippen molar-refractivity contribution in [3.8, 4) is 0 Å². The Bertz CT molecular complexity index is 1290. The Labute approximate surface area is 217 Å². The molecule has 0 radical (unpaired) electrons. The maximum Gasteiger partial charge on any atom is 0.224 e. The zero-order chi connectivity index (χ0) is 25.6. The number of benzene rings is 1. The molecule has 1 amide bonds. The Kier molecular flexibility index (Phi) is 6.69. The van der Waals surface area contributed by atoms with Gasteiger partial charge in [-0.05, 0) is 57.1 Å². The molecule has 2 heterocycles. The summed E-state index contributed by atoms with van der Waals surface area (Å²) < 4.78 is 15.7. The van der Waals surface area contributed by atoms with E-state index in [2.05, 4.69) is 15.6 Å². The number of nitrogens with two attached hydrogens (primary N) is 1. The number of aromatic nitrogens is 4. The van der Waals surface area contributed by atoms with Gasteiger partial charge in [0.05, 0.1) is 28.0 Å². The lowest BCUT2D eigenvalue weighted by molar-refractivity contribution is -0.128. The number of rotatable bonds is 6. The van der Waals surface area contributed by atoms with Crippen molar-refractivity contribution in [2.45, 2.75) is 70.1 Å². The molecule has 0 spiro atoms. The lowest BCUT2D eigenvalue weighted by Crippen LogP contribution is -2.38. The topological polar surface area (TPSA) is 131 Å². The van der Waals surface area contributed by atoms with Gasteiger partial charge >= 0.3 is 0 Å². The normalized spacial score (nSPS) is 26.3. The molecule has 9 nitrogen and oxygen atoms in total. The van der Waals surface area contributed by atoms with Crippen LogP contribution < -0.4 is 16.4 Å². The maximum absolute atomic E-state index is 13.8. The number of aliphatic hydroxyl groups is 1. The van der Waals surface area contributed by atoms with E-state index < -0.39 is 11.2 Å². The fourth-order valence-electron chi connectivity index (χ4n) is 5.18. The summed E-state index contributed by atoms with van der Waals surface area (Å²) in [5.74, 6) is 0.0497. The Morgan fingerprint density at radius 2 is 1.89 bits per heavy atom. The van der Waals surface area contributed by atoms with Crippen molar-refractivity contribution in [2.75, 3.05) is 10.6 Å². The molecule has 2 aromatic heterocycles. The average Bonchev–Trinajstić information content (AvgIpc) is 3.39. The second kappa shape index (κ2) is 9.64. The van der Waals surface area contributed by atoms with Crippen molar-refractivity contribution < 1.29 is 14.3 Å². The fraction of sp³-hybridized carbons (Fsp3) is 0.500. The Morgan fingerprint density at radius 1 is 1.19 bits per heavy atom. The molecule has 2 atom stereocenters. The van der Waals surface area contributed by atoms with E-state index in [9.17, 15) is 14.3 Å². The zero-order valence-corrected chi connectivity index (χ0v) is 21.3. The lowest BCUT2D eigenvalue weighted by atomic mass is 9.73. The molecule has 36 heavy (non-hydrogen) atoms. The first kappa shape index (κ1) is 25.0. The van der Waals surface area contributed by atoms with E-state index in [1.807, 2.05) is 11.5 Å². The number of carbonyl (C=O) groups excluding carboxylic acids is 1. The van der Waals surface area contributed by atoms with Gasteiger partial charge in [-0.3, -0.25) is 9.36 Å². The molecule has 2 aliphatic rings. The van der Waals surface area contributed by atoms with E-state index in [1.165, 1.54) is 12.1 Å². The van der Waals surface area contributed by atoms with Gasteiger partial charge in [0, 0.05) is 17.5 Å². The molecule has 2 fully saturated rings. The summed E-state index contributed by atoms with van der Waals surface area (Å²) in [6.07, 6.45) is 6.17. The second-order valence-electron chi connectivity index (χ2n) is 10.0. The number of anilines is 3. The first-order valence-corrected chi connectivity index (χ1v) is 12.8. The van der Waals surface area contributed by atoms with Crippen molar-refractivity contribution in [1.82, 2.24) is 19.5 Å². The highest BCUT2D eigenvalue weighted by Crippen LogP contribution is 2.43. The number of nitrogens with one attached hydrogen (secondary N) is 2. The van der Waals surface area contributed by atoms with Crippen LogP contribution in [0.4, 0.5) is 22.0 Å². The number of primary amides is 1. The van der Waals surface area contributed by atoms with Crippen LogP contribution in [0.25, 0.3) is 11.2 Å². The lowest BCUT2D eigenvalue weighted by Gasteiger charge is -2.35. The fourth-order valence-corrected chi connectivity index (χ4v) is 5.74. The number of imidazole rings is 1. The Balaban J connectivity index is 1.53. The minimum Gasteiger partial charge on any atom is -0.393 e. The molecular weight excluding hydrogens is 508 g/mol. The number of hydrogen-bond donors (Lipinski definition) is 4. The van der Waals surface area contributed by atoms with Crippen LogP contribution in [0.3, 0.4) is 0 Å². The molecule has 192 valence electrons. The molecule has 0 unspecified atom stereocenters. The van der Waals surface area contributed by atoms with Gasteiger partial charge in [-0.1, -0.05) is 30.1 Å². The van der Waals surface area contributed by atoms with Gasteiger partial charge in [-0.15, -0.1) is 0 Å². The predicted molar refractivity (Wildman–Crippen MR) is 137 cm³/mol. The van der Waals surface area contributed by atoms with Gasteiger partial charge in [0.2, 0.25) is 17.8 Å². The van der Waals surface area contributed by atoms with Crippen LogP contribution in [-0.2, 0) is 4.79 Å². The molecule has 5 rings (SSSR count). The Hall–Kier alpha value is -2.69. The van der Waals surface area contributed by atoms with Gasteiger partial charge < -0.3 is 21.5 Å². The number of carbonyl (C=O) groups is 1. The smallest absolute Gasteiger partial charge is 0.224 e. The Morgan fingerprint density at radius 3 is 2.50 bits per heavy atom. The van der Waals surface area contributed by atoms with Gasteiger partial charge in [-0.2, -0.15) is 4.98 Å². The number of halogens is 3. The summed E-state index contributed by atoms with van der Waals surface area (Å²) in [4.78, 5) is 25.9. The molecule has 2 saturated carbocycles. The van der Waals surface area contributed by atoms with E-state index in [-0.39, 0.29) is 34.1 Å². The van der Waals surface area contributed by atoms with Gasteiger partial charge in [-0.25, -0.2) is 14.4 Å². The van der Waals surface area contributed by atoms with Crippen LogP contribution in [0.1, 0.15) is 57.9 Å². The summed E-state index contributed by atoms with van der Waals surface area (Å²) >= 11 is 12.6. The van der Waals surface area contributed by atoms with Crippen LogP contribution >= 0.6 is 23.2 Å². The van der Waals surface area contributed by atoms with Gasteiger partial charge in [0.1, 0.15) is 11.3 Å². The first-order chi connectivity index (χ1) is 17.1. The summed E-state index contributed by atoms with van der Waals surface area (Å²) in [6, 6.07) is 2.42.